The van der Waals surface area contributed by atoms with Crippen LogP contribution in [0.15, 0.2) is 48.5 Å². The molecule has 0 radical (unpaired) electrons. The van der Waals surface area contributed by atoms with Crippen molar-refractivity contribution in [2.75, 3.05) is 32.8 Å². The van der Waals surface area contributed by atoms with Crippen molar-refractivity contribution in [3.8, 4) is 5.75 Å². The van der Waals surface area contributed by atoms with Crippen molar-refractivity contribution in [1.82, 2.24) is 9.21 Å². The second-order valence-corrected chi connectivity index (χ2v) is 12.4. The quantitative estimate of drug-likeness (QED) is 0.491. The highest BCUT2D eigenvalue weighted by atomic mass is 35.5. The highest BCUT2D eigenvalue weighted by Crippen LogP contribution is 2.37. The van der Waals surface area contributed by atoms with E-state index in [1.54, 1.807) is 10.4 Å². The van der Waals surface area contributed by atoms with Crippen LogP contribution >= 0.6 is 11.6 Å². The average Bonchev–Trinajstić information content (AvgIpc) is 2.86. The highest BCUT2D eigenvalue weighted by Gasteiger charge is 2.42. The fourth-order valence-electron chi connectivity index (χ4n) is 5.11. The lowest BCUT2D eigenvalue weighted by molar-refractivity contribution is -0.136. The second kappa shape index (κ2) is 11.3. The Kier molecular flexibility index (Phi) is 8.40. The number of sulfonamides is 1. The molecule has 0 aromatic heterocycles. The summed E-state index contributed by atoms with van der Waals surface area (Å²) >= 11 is 6.17. The lowest BCUT2D eigenvalue weighted by Crippen LogP contribution is -2.51. The van der Waals surface area contributed by atoms with E-state index < -0.39 is 15.4 Å². The van der Waals surface area contributed by atoms with Crippen LogP contribution < -0.4 is 4.74 Å². The van der Waals surface area contributed by atoms with Gasteiger partial charge in [-0.05, 0) is 68.4 Å². The normalized spacial score (nSPS) is 21.6. The molecule has 2 aromatic carbocycles. The Morgan fingerprint density at radius 1 is 1.03 bits per heavy atom. The molecule has 4 rings (SSSR count). The Hall–Kier alpha value is -2.09. The Labute approximate surface area is 214 Å². The Balaban J connectivity index is 1.54. The molecule has 35 heavy (non-hydrogen) atoms. The first-order valence-corrected chi connectivity index (χ1v) is 14.4. The number of halogens is 1. The maximum absolute atomic E-state index is 13.4. The number of ether oxygens (including phenoxy) is 1. The lowest BCUT2D eigenvalue weighted by atomic mass is 9.78. The number of carbonyl (C=O) groups excluding carboxylic acids is 1. The first-order chi connectivity index (χ1) is 16.8. The number of amides is 1. The summed E-state index contributed by atoms with van der Waals surface area (Å²) in [5, 5.41) is 0.670. The first kappa shape index (κ1) is 26.0. The van der Waals surface area contributed by atoms with Crippen LogP contribution in [0.2, 0.25) is 5.02 Å². The number of nitrogens with zero attached hydrogens (tertiary/aromatic N) is 2. The van der Waals surface area contributed by atoms with Crippen molar-refractivity contribution < 1.29 is 17.9 Å². The summed E-state index contributed by atoms with van der Waals surface area (Å²) in [5.74, 6) is 0.741. The number of rotatable bonds is 8. The van der Waals surface area contributed by atoms with Gasteiger partial charge in [0.15, 0.2) is 0 Å². The van der Waals surface area contributed by atoms with Gasteiger partial charge in [0.1, 0.15) is 5.75 Å². The number of carbonyl (C=O) groups is 1. The zero-order valence-electron chi connectivity index (χ0n) is 20.4. The van der Waals surface area contributed by atoms with Crippen LogP contribution in [0.4, 0.5) is 0 Å². The molecule has 6 nitrogen and oxygen atoms in total. The van der Waals surface area contributed by atoms with Crippen LogP contribution in [0.5, 0.6) is 5.75 Å². The maximum Gasteiger partial charge on any atom is 0.223 e. The third kappa shape index (κ3) is 6.78. The molecule has 2 fully saturated rings. The maximum atomic E-state index is 13.4. The zero-order chi connectivity index (χ0) is 24.9. The number of hydrogen-bond acceptors (Lipinski definition) is 4. The Morgan fingerprint density at radius 3 is 2.49 bits per heavy atom. The molecule has 8 heteroatoms. The molecule has 2 heterocycles. The molecule has 2 aliphatic rings. The van der Waals surface area contributed by atoms with Crippen LogP contribution in [0.1, 0.15) is 49.7 Å². The third-order valence-electron chi connectivity index (χ3n) is 7.12. The molecule has 2 aromatic rings. The topological polar surface area (TPSA) is 66.9 Å². The third-order valence-corrected chi connectivity index (χ3v) is 9.34. The van der Waals surface area contributed by atoms with Crippen LogP contribution in [-0.4, -0.2) is 56.3 Å². The molecular weight excluding hydrogens is 484 g/mol. The van der Waals surface area contributed by atoms with Gasteiger partial charge in [-0.2, -0.15) is 0 Å². The van der Waals surface area contributed by atoms with Crippen LogP contribution in [0.3, 0.4) is 0 Å². The summed E-state index contributed by atoms with van der Waals surface area (Å²) in [7, 11) is -3.53. The van der Waals surface area contributed by atoms with Gasteiger partial charge < -0.3 is 9.64 Å². The van der Waals surface area contributed by atoms with Gasteiger partial charge in [0.25, 0.3) is 0 Å². The number of likely N-dealkylation sites (tertiary alicyclic amines) is 1. The van der Waals surface area contributed by atoms with Gasteiger partial charge in [-0.1, -0.05) is 41.9 Å². The predicted octanol–water partition coefficient (Wildman–Crippen LogP) is 5.04. The molecule has 0 saturated carbocycles. The minimum Gasteiger partial charge on any atom is -0.493 e. The molecular formula is C27H35ClN2O4S. The molecule has 0 bridgehead atoms. The molecule has 1 amide bonds. The summed E-state index contributed by atoms with van der Waals surface area (Å²) in [6.07, 6.45) is 4.94. The number of hydrogen-bond donors (Lipinski definition) is 0. The molecule has 2 saturated heterocycles. The minimum absolute atomic E-state index is 0.0404. The smallest absolute Gasteiger partial charge is 0.223 e. The lowest BCUT2D eigenvalue weighted by Gasteiger charge is -2.42. The fraction of sp³-hybridized carbons (Fsp3) is 0.519. The van der Waals surface area contributed by atoms with Crippen molar-refractivity contribution in [1.29, 1.82) is 0 Å². The van der Waals surface area contributed by atoms with Crippen LogP contribution in [-0.2, 0) is 20.6 Å². The van der Waals surface area contributed by atoms with Gasteiger partial charge in [-0.3, -0.25) is 4.79 Å². The Morgan fingerprint density at radius 2 is 1.77 bits per heavy atom. The second-order valence-electron chi connectivity index (χ2n) is 10.00. The zero-order valence-corrected chi connectivity index (χ0v) is 22.0. The molecule has 0 N–H and O–H groups in total. The Bertz CT molecular complexity index is 1120. The van der Waals surface area contributed by atoms with Crippen molar-refractivity contribution >= 4 is 27.5 Å². The largest absolute Gasteiger partial charge is 0.493 e. The number of piperidine rings is 2. The molecule has 0 spiro atoms. The summed E-state index contributed by atoms with van der Waals surface area (Å²) in [4.78, 5) is 15.3. The minimum atomic E-state index is -3.53. The molecule has 1 unspecified atom stereocenters. The molecule has 190 valence electrons. The van der Waals surface area contributed by atoms with Gasteiger partial charge >= 0.3 is 0 Å². The van der Waals surface area contributed by atoms with Gasteiger partial charge in [-0.15, -0.1) is 0 Å². The molecule has 2 aliphatic heterocycles. The van der Waals surface area contributed by atoms with Crippen molar-refractivity contribution in [2.45, 2.75) is 51.2 Å². The van der Waals surface area contributed by atoms with E-state index in [9.17, 15) is 13.2 Å². The fourth-order valence-corrected chi connectivity index (χ4v) is 6.90. The first-order valence-electron chi connectivity index (χ1n) is 12.4. The average molecular weight is 519 g/mol. The van der Waals surface area contributed by atoms with E-state index in [0.717, 1.165) is 49.9 Å². The van der Waals surface area contributed by atoms with Gasteiger partial charge in [0.05, 0.1) is 12.4 Å². The predicted molar refractivity (Wildman–Crippen MR) is 139 cm³/mol. The van der Waals surface area contributed by atoms with E-state index >= 15 is 0 Å². The van der Waals surface area contributed by atoms with Crippen molar-refractivity contribution in [3.63, 3.8) is 0 Å². The standard InChI is InChI=1S/C27H35ClN2O4S/c1-22-17-24(11-12-25(22)28)34-21-27(18-26(31)29-14-6-3-7-15-29)13-8-16-30(20-27)35(32,33)19-23-9-4-2-5-10-23/h2,4-5,9-12,17H,3,6-8,13-16,18-21H2,1H3. The van der Waals surface area contributed by atoms with E-state index in [2.05, 4.69) is 0 Å². The van der Waals surface area contributed by atoms with Crippen molar-refractivity contribution in [2.24, 2.45) is 5.41 Å². The van der Waals surface area contributed by atoms with E-state index in [4.69, 9.17) is 16.3 Å². The van der Waals surface area contributed by atoms with E-state index in [-0.39, 0.29) is 31.2 Å². The molecule has 0 aliphatic carbocycles. The molecule has 1 atom stereocenters. The van der Waals surface area contributed by atoms with E-state index in [0.29, 0.717) is 23.7 Å². The van der Waals surface area contributed by atoms with Crippen LogP contribution in [0, 0.1) is 12.3 Å². The summed E-state index contributed by atoms with van der Waals surface area (Å²) in [6.45, 7) is 4.52. The number of benzene rings is 2. The van der Waals surface area contributed by atoms with Gasteiger partial charge in [-0.25, -0.2) is 12.7 Å². The van der Waals surface area contributed by atoms with E-state index in [1.807, 2.05) is 54.3 Å². The van der Waals surface area contributed by atoms with Gasteiger partial charge in [0.2, 0.25) is 15.9 Å². The van der Waals surface area contributed by atoms with Crippen molar-refractivity contribution in [3.05, 3.63) is 64.7 Å². The number of aryl methyl sites for hydroxylation is 1. The monoisotopic (exact) mass is 518 g/mol. The SMILES string of the molecule is Cc1cc(OCC2(CC(=O)N3CCCCC3)CCCN(S(=O)(=O)Cc3ccccc3)C2)ccc1Cl. The summed E-state index contributed by atoms with van der Waals surface area (Å²) < 4.78 is 34.5. The van der Waals surface area contributed by atoms with Gasteiger partial charge in [0, 0.05) is 43.0 Å². The van der Waals surface area contributed by atoms with E-state index in [1.165, 1.54) is 0 Å². The summed E-state index contributed by atoms with van der Waals surface area (Å²) in [5.41, 5.74) is 1.10. The van der Waals surface area contributed by atoms with Crippen LogP contribution in [0.25, 0.3) is 0 Å². The highest BCUT2D eigenvalue weighted by molar-refractivity contribution is 7.88. The summed E-state index contributed by atoms with van der Waals surface area (Å²) in [6, 6.07) is 14.8.